The van der Waals surface area contributed by atoms with E-state index < -0.39 is 0 Å². The van der Waals surface area contributed by atoms with Crippen molar-refractivity contribution in [3.8, 4) is 10.4 Å². The van der Waals surface area contributed by atoms with Gasteiger partial charge in [0.2, 0.25) is 0 Å². The highest BCUT2D eigenvalue weighted by molar-refractivity contribution is 8.00. The molecule has 0 bridgehead atoms. The maximum Gasteiger partial charge on any atom is 0.180 e. The van der Waals surface area contributed by atoms with Gasteiger partial charge in [-0.05, 0) is 37.1 Å². The van der Waals surface area contributed by atoms with Crippen molar-refractivity contribution < 1.29 is 0 Å². The van der Waals surface area contributed by atoms with Gasteiger partial charge in [0.15, 0.2) is 10.3 Å². The maximum absolute atomic E-state index is 6.17. The standard InChI is InChI=1S/C15H13ClN4S2/c1-9-13(21-15(17)19-9)10-7-12(14(16)18-8-10)20-22-11-5-3-2-4-6-11/h2-8,20H,1H3,(H2,17,19). The van der Waals surface area contributed by atoms with Crippen molar-refractivity contribution in [3.05, 3.63) is 53.4 Å². The van der Waals surface area contributed by atoms with Gasteiger partial charge in [0.25, 0.3) is 0 Å². The Bertz CT molecular complexity index is 789. The van der Waals surface area contributed by atoms with Crippen LogP contribution in [0, 0.1) is 6.92 Å². The second-order valence-corrected chi connectivity index (χ2v) is 6.81. The summed E-state index contributed by atoms with van der Waals surface area (Å²) in [6.07, 6.45) is 1.74. The Morgan fingerprint density at radius 1 is 1.27 bits per heavy atom. The van der Waals surface area contributed by atoms with Crippen LogP contribution in [0.5, 0.6) is 0 Å². The Hall–Kier alpha value is -1.76. The van der Waals surface area contributed by atoms with Crippen molar-refractivity contribution >= 4 is 45.7 Å². The summed E-state index contributed by atoms with van der Waals surface area (Å²) < 4.78 is 3.24. The maximum atomic E-state index is 6.17. The van der Waals surface area contributed by atoms with E-state index in [9.17, 15) is 0 Å². The number of halogens is 1. The van der Waals surface area contributed by atoms with Crippen LogP contribution in [0.1, 0.15) is 5.69 Å². The smallest absolute Gasteiger partial charge is 0.180 e. The number of anilines is 2. The summed E-state index contributed by atoms with van der Waals surface area (Å²) in [4.78, 5) is 10.6. The first kappa shape index (κ1) is 15.1. The fourth-order valence-corrected chi connectivity index (χ4v) is 3.63. The monoisotopic (exact) mass is 348 g/mol. The predicted octanol–water partition coefficient (Wildman–Crippen LogP) is 4.87. The zero-order valence-electron chi connectivity index (χ0n) is 11.7. The van der Waals surface area contributed by atoms with Crippen LogP contribution in [0.4, 0.5) is 10.8 Å². The van der Waals surface area contributed by atoms with E-state index in [1.807, 2.05) is 43.3 Å². The number of hydrogen-bond donors (Lipinski definition) is 2. The highest BCUT2D eigenvalue weighted by Gasteiger charge is 2.11. The quantitative estimate of drug-likeness (QED) is 0.520. The van der Waals surface area contributed by atoms with Crippen LogP contribution >= 0.6 is 34.9 Å². The van der Waals surface area contributed by atoms with Crippen LogP contribution in [-0.2, 0) is 0 Å². The molecular formula is C15H13ClN4S2. The van der Waals surface area contributed by atoms with E-state index in [-0.39, 0.29) is 0 Å². The molecule has 1 aromatic carbocycles. The summed E-state index contributed by atoms with van der Waals surface area (Å²) in [5, 5.41) is 0.984. The van der Waals surface area contributed by atoms with Gasteiger partial charge in [-0.15, -0.1) is 0 Å². The first-order valence-corrected chi connectivity index (χ1v) is 8.51. The minimum absolute atomic E-state index is 0.433. The lowest BCUT2D eigenvalue weighted by atomic mass is 10.2. The minimum atomic E-state index is 0.433. The molecule has 7 heteroatoms. The summed E-state index contributed by atoms with van der Waals surface area (Å²) in [7, 11) is 0. The lowest BCUT2D eigenvalue weighted by molar-refractivity contribution is 1.26. The van der Waals surface area contributed by atoms with E-state index in [0.29, 0.717) is 10.3 Å². The number of hydrogen-bond acceptors (Lipinski definition) is 6. The van der Waals surface area contributed by atoms with Gasteiger partial charge in [0.1, 0.15) is 0 Å². The predicted molar refractivity (Wildman–Crippen MR) is 95.4 cm³/mol. The molecule has 0 saturated carbocycles. The lowest BCUT2D eigenvalue weighted by Gasteiger charge is -2.08. The van der Waals surface area contributed by atoms with E-state index in [2.05, 4.69) is 14.7 Å². The van der Waals surface area contributed by atoms with Crippen molar-refractivity contribution in [2.45, 2.75) is 11.8 Å². The van der Waals surface area contributed by atoms with E-state index in [1.54, 1.807) is 6.20 Å². The molecule has 2 heterocycles. The first-order chi connectivity index (χ1) is 10.6. The molecule has 3 rings (SSSR count). The van der Waals surface area contributed by atoms with E-state index in [0.717, 1.165) is 26.7 Å². The van der Waals surface area contributed by atoms with E-state index in [4.69, 9.17) is 17.3 Å². The van der Waals surface area contributed by atoms with Crippen molar-refractivity contribution in [1.82, 2.24) is 9.97 Å². The molecule has 3 N–H and O–H groups in total. The van der Waals surface area contributed by atoms with Crippen LogP contribution in [0.3, 0.4) is 0 Å². The molecule has 0 saturated heterocycles. The van der Waals surface area contributed by atoms with E-state index in [1.165, 1.54) is 23.3 Å². The second-order valence-electron chi connectivity index (χ2n) is 4.55. The molecule has 0 unspecified atom stereocenters. The second kappa shape index (κ2) is 6.56. The SMILES string of the molecule is Cc1nc(N)sc1-c1cnc(Cl)c(NSc2ccccc2)c1. The summed E-state index contributed by atoms with van der Waals surface area (Å²) in [6.45, 7) is 1.93. The normalized spacial score (nSPS) is 10.6. The summed E-state index contributed by atoms with van der Waals surface area (Å²) >= 11 is 9.11. The Morgan fingerprint density at radius 3 is 2.73 bits per heavy atom. The molecule has 22 heavy (non-hydrogen) atoms. The zero-order valence-corrected chi connectivity index (χ0v) is 14.1. The average Bonchev–Trinajstić information content (AvgIpc) is 2.86. The van der Waals surface area contributed by atoms with E-state index >= 15 is 0 Å². The molecule has 0 radical (unpaired) electrons. The molecule has 0 aliphatic heterocycles. The number of benzene rings is 1. The first-order valence-electron chi connectivity index (χ1n) is 6.50. The average molecular weight is 349 g/mol. The van der Waals surface area contributed by atoms with Gasteiger partial charge in [0, 0.05) is 16.7 Å². The zero-order chi connectivity index (χ0) is 15.5. The molecule has 112 valence electrons. The van der Waals surface area contributed by atoms with Crippen LogP contribution in [0.2, 0.25) is 5.15 Å². The molecule has 0 aliphatic carbocycles. The number of nitrogen functional groups attached to an aromatic ring is 1. The number of rotatable bonds is 4. The minimum Gasteiger partial charge on any atom is -0.375 e. The largest absolute Gasteiger partial charge is 0.375 e. The van der Waals surface area contributed by atoms with Crippen LogP contribution in [0.15, 0.2) is 47.5 Å². The van der Waals surface area contributed by atoms with Gasteiger partial charge in [0.05, 0.1) is 16.3 Å². The molecule has 3 aromatic rings. The van der Waals surface area contributed by atoms with Gasteiger partial charge in [-0.25, -0.2) is 9.97 Å². The van der Waals surface area contributed by atoms with Crippen molar-refractivity contribution in [1.29, 1.82) is 0 Å². The Kier molecular flexibility index (Phi) is 4.52. The van der Waals surface area contributed by atoms with Crippen LogP contribution in [0.25, 0.3) is 10.4 Å². The molecule has 0 fully saturated rings. The number of thiazole rings is 1. The lowest BCUT2D eigenvalue weighted by Crippen LogP contribution is -1.91. The summed E-state index contributed by atoms with van der Waals surface area (Å²) in [5.74, 6) is 0. The van der Waals surface area contributed by atoms with Crippen LogP contribution < -0.4 is 10.5 Å². The topological polar surface area (TPSA) is 63.8 Å². The van der Waals surface area contributed by atoms with Gasteiger partial charge in [-0.2, -0.15) is 0 Å². The molecule has 0 amide bonds. The third kappa shape index (κ3) is 3.35. The molecule has 0 aliphatic rings. The number of aryl methyl sites for hydroxylation is 1. The summed E-state index contributed by atoms with van der Waals surface area (Å²) in [5.41, 5.74) is 8.37. The van der Waals surface area contributed by atoms with Crippen molar-refractivity contribution in [2.24, 2.45) is 0 Å². The van der Waals surface area contributed by atoms with Crippen LogP contribution in [-0.4, -0.2) is 9.97 Å². The summed E-state index contributed by atoms with van der Waals surface area (Å²) in [6, 6.07) is 12.0. The fourth-order valence-electron chi connectivity index (χ4n) is 1.93. The van der Waals surface area contributed by atoms with Gasteiger partial charge < -0.3 is 10.5 Å². The van der Waals surface area contributed by atoms with Gasteiger partial charge >= 0.3 is 0 Å². The number of nitrogens with two attached hydrogens (primary N) is 1. The number of pyridine rings is 1. The molecule has 0 spiro atoms. The Morgan fingerprint density at radius 2 is 2.05 bits per heavy atom. The molecular weight excluding hydrogens is 336 g/mol. The third-order valence-corrected chi connectivity index (χ3v) is 5.10. The Labute approximate surface area is 141 Å². The highest BCUT2D eigenvalue weighted by Crippen LogP contribution is 2.35. The molecule has 4 nitrogen and oxygen atoms in total. The van der Waals surface area contributed by atoms with Crippen molar-refractivity contribution in [3.63, 3.8) is 0 Å². The Balaban J connectivity index is 1.85. The van der Waals surface area contributed by atoms with Crippen molar-refractivity contribution in [2.75, 3.05) is 10.5 Å². The fraction of sp³-hybridized carbons (Fsp3) is 0.0667. The molecule has 0 atom stereocenters. The third-order valence-electron chi connectivity index (χ3n) is 2.94. The number of nitrogens with zero attached hydrogens (tertiary/aromatic N) is 2. The number of aromatic nitrogens is 2. The van der Waals surface area contributed by atoms with Gasteiger partial charge in [-0.1, -0.05) is 41.1 Å². The molecule has 2 aromatic heterocycles. The number of nitrogens with one attached hydrogen (secondary N) is 1. The highest BCUT2D eigenvalue weighted by atomic mass is 35.5. The van der Waals surface area contributed by atoms with Gasteiger partial charge in [-0.3, -0.25) is 0 Å².